The lowest BCUT2D eigenvalue weighted by molar-refractivity contribution is -0.384. The minimum atomic E-state index is -0.386. The number of nitrogens with zero attached hydrogens (tertiary/aromatic N) is 2. The number of nitro groups is 1. The lowest BCUT2D eigenvalue weighted by atomic mass is 10.1. The number of benzene rings is 1. The van der Waals surface area contributed by atoms with Crippen LogP contribution in [-0.4, -0.2) is 24.5 Å². The summed E-state index contributed by atoms with van der Waals surface area (Å²) in [5, 5.41) is 19.4. The Morgan fingerprint density at radius 2 is 2.12 bits per heavy atom. The minimum absolute atomic E-state index is 0. The van der Waals surface area contributed by atoms with E-state index in [0.717, 1.165) is 18.5 Å². The van der Waals surface area contributed by atoms with Crippen LogP contribution in [0.2, 0.25) is 0 Å². The zero-order chi connectivity index (χ0) is 17.4. The van der Waals surface area contributed by atoms with Crippen molar-refractivity contribution in [3.63, 3.8) is 0 Å². The molecular formula is C17H23IN4O2S. The van der Waals surface area contributed by atoms with E-state index in [1.54, 1.807) is 30.5 Å². The normalized spacial score (nSPS) is 12.2. The summed E-state index contributed by atoms with van der Waals surface area (Å²) in [6.07, 6.45) is 1.03. The second-order valence-corrected chi connectivity index (χ2v) is 6.65. The molecule has 6 nitrogen and oxygen atoms in total. The number of nitro benzene ring substituents is 1. The van der Waals surface area contributed by atoms with Crippen molar-refractivity contribution >= 4 is 47.0 Å². The molecule has 0 spiro atoms. The summed E-state index contributed by atoms with van der Waals surface area (Å²) in [5.74, 6) is 1.18. The van der Waals surface area contributed by atoms with Crippen LogP contribution in [0.3, 0.4) is 0 Å². The second-order valence-electron chi connectivity index (χ2n) is 5.62. The number of guanidine groups is 1. The average Bonchev–Trinajstić information content (AvgIpc) is 3.08. The molecular weight excluding hydrogens is 451 g/mol. The molecule has 0 amide bonds. The predicted molar refractivity (Wildman–Crippen MR) is 114 cm³/mol. The maximum Gasteiger partial charge on any atom is 0.269 e. The summed E-state index contributed by atoms with van der Waals surface area (Å²) in [6, 6.07) is 10.8. The lowest BCUT2D eigenvalue weighted by Gasteiger charge is -2.15. The number of thiophene rings is 1. The third kappa shape index (κ3) is 7.39. The van der Waals surface area contributed by atoms with Gasteiger partial charge in [-0.25, -0.2) is 0 Å². The summed E-state index contributed by atoms with van der Waals surface area (Å²) in [4.78, 5) is 16.0. The first-order chi connectivity index (χ1) is 11.6. The van der Waals surface area contributed by atoms with Crippen LogP contribution in [-0.2, 0) is 13.0 Å². The van der Waals surface area contributed by atoms with Gasteiger partial charge in [-0.3, -0.25) is 15.1 Å². The molecule has 0 aliphatic rings. The van der Waals surface area contributed by atoms with Gasteiger partial charge in [0.1, 0.15) is 0 Å². The van der Waals surface area contributed by atoms with Crippen LogP contribution in [0.5, 0.6) is 0 Å². The Kier molecular flexibility index (Phi) is 9.43. The topological polar surface area (TPSA) is 79.6 Å². The molecule has 2 rings (SSSR count). The summed E-state index contributed by atoms with van der Waals surface area (Å²) in [6.45, 7) is 3.49. The van der Waals surface area contributed by atoms with Gasteiger partial charge in [0, 0.05) is 37.1 Å². The van der Waals surface area contributed by atoms with Crippen LogP contribution < -0.4 is 10.6 Å². The van der Waals surface area contributed by atoms with Gasteiger partial charge in [0.25, 0.3) is 5.69 Å². The van der Waals surface area contributed by atoms with E-state index < -0.39 is 0 Å². The van der Waals surface area contributed by atoms with Crippen LogP contribution in [0, 0.1) is 16.0 Å². The Hall–Kier alpha value is -1.68. The Morgan fingerprint density at radius 3 is 2.76 bits per heavy atom. The highest BCUT2D eigenvalue weighted by molar-refractivity contribution is 14.0. The van der Waals surface area contributed by atoms with Crippen molar-refractivity contribution in [3.05, 3.63) is 62.3 Å². The number of non-ortho nitro benzene ring substituents is 1. The molecule has 1 atom stereocenters. The molecule has 1 unspecified atom stereocenters. The van der Waals surface area contributed by atoms with E-state index in [1.807, 2.05) is 6.07 Å². The maximum atomic E-state index is 10.8. The molecule has 0 aliphatic heterocycles. The third-order valence-electron chi connectivity index (χ3n) is 3.55. The SMILES string of the molecule is CN=C(NCc1cccc([N+](=O)[O-])c1)NCC(C)Cc1cccs1.I. The van der Waals surface area contributed by atoms with Gasteiger partial charge in [0.2, 0.25) is 0 Å². The molecule has 2 aromatic rings. The van der Waals surface area contributed by atoms with Crippen LogP contribution in [0.1, 0.15) is 17.4 Å². The molecule has 0 saturated carbocycles. The third-order valence-corrected chi connectivity index (χ3v) is 4.45. The van der Waals surface area contributed by atoms with E-state index in [4.69, 9.17) is 0 Å². The molecule has 25 heavy (non-hydrogen) atoms. The monoisotopic (exact) mass is 474 g/mol. The Labute approximate surface area is 168 Å². The van der Waals surface area contributed by atoms with Crippen LogP contribution in [0.4, 0.5) is 5.69 Å². The van der Waals surface area contributed by atoms with Gasteiger partial charge in [-0.2, -0.15) is 0 Å². The van der Waals surface area contributed by atoms with Crippen LogP contribution in [0.25, 0.3) is 0 Å². The van der Waals surface area contributed by atoms with Crippen molar-refractivity contribution < 1.29 is 4.92 Å². The molecule has 136 valence electrons. The van der Waals surface area contributed by atoms with Gasteiger partial charge in [-0.15, -0.1) is 35.3 Å². The number of rotatable bonds is 7. The van der Waals surface area contributed by atoms with E-state index >= 15 is 0 Å². The van der Waals surface area contributed by atoms with Crippen molar-refractivity contribution in [1.82, 2.24) is 10.6 Å². The van der Waals surface area contributed by atoms with Gasteiger partial charge in [0.15, 0.2) is 5.96 Å². The number of halogens is 1. The fourth-order valence-electron chi connectivity index (χ4n) is 2.30. The number of hydrogen-bond donors (Lipinski definition) is 2. The highest BCUT2D eigenvalue weighted by Crippen LogP contribution is 2.14. The second kappa shape index (κ2) is 11.0. The number of nitrogens with one attached hydrogen (secondary N) is 2. The summed E-state index contributed by atoms with van der Waals surface area (Å²) < 4.78 is 0. The molecule has 0 bridgehead atoms. The molecule has 1 aromatic carbocycles. The molecule has 0 radical (unpaired) electrons. The highest BCUT2D eigenvalue weighted by atomic mass is 127. The largest absolute Gasteiger partial charge is 0.356 e. The van der Waals surface area contributed by atoms with Gasteiger partial charge >= 0.3 is 0 Å². The standard InChI is InChI=1S/C17H22N4O2S.HI/c1-13(9-16-7-4-8-24-16)11-19-17(18-2)20-12-14-5-3-6-15(10-14)21(22)23;/h3-8,10,13H,9,11-12H2,1-2H3,(H2,18,19,20);1H. The van der Waals surface area contributed by atoms with Gasteiger partial charge < -0.3 is 10.6 Å². The van der Waals surface area contributed by atoms with Gasteiger partial charge in [-0.05, 0) is 29.3 Å². The lowest BCUT2D eigenvalue weighted by Crippen LogP contribution is -2.39. The van der Waals surface area contributed by atoms with E-state index in [-0.39, 0.29) is 34.6 Å². The molecule has 0 fully saturated rings. The maximum absolute atomic E-state index is 10.8. The summed E-state index contributed by atoms with van der Waals surface area (Å²) >= 11 is 1.77. The van der Waals surface area contributed by atoms with Gasteiger partial charge in [-0.1, -0.05) is 25.1 Å². The smallest absolute Gasteiger partial charge is 0.269 e. The highest BCUT2D eigenvalue weighted by Gasteiger charge is 2.08. The quantitative estimate of drug-likeness (QED) is 0.210. The van der Waals surface area contributed by atoms with Crippen LogP contribution >= 0.6 is 35.3 Å². The fraction of sp³-hybridized carbons (Fsp3) is 0.353. The zero-order valence-electron chi connectivity index (χ0n) is 14.3. The first kappa shape index (κ1) is 21.4. The molecule has 0 saturated heterocycles. The fourth-order valence-corrected chi connectivity index (χ4v) is 3.17. The van der Waals surface area contributed by atoms with Crippen molar-refractivity contribution in [2.75, 3.05) is 13.6 Å². The number of hydrogen-bond acceptors (Lipinski definition) is 4. The molecule has 1 heterocycles. The first-order valence-electron chi connectivity index (χ1n) is 7.78. The molecule has 8 heteroatoms. The predicted octanol–water partition coefficient (Wildman–Crippen LogP) is 3.82. The van der Waals surface area contributed by atoms with E-state index in [1.165, 1.54) is 10.9 Å². The first-order valence-corrected chi connectivity index (χ1v) is 8.66. The summed E-state index contributed by atoms with van der Waals surface area (Å²) in [5.41, 5.74) is 0.945. The van der Waals surface area contributed by atoms with E-state index in [0.29, 0.717) is 18.4 Å². The van der Waals surface area contributed by atoms with E-state index in [2.05, 4.69) is 40.1 Å². The Balaban J connectivity index is 0.00000312. The molecule has 2 N–H and O–H groups in total. The van der Waals surface area contributed by atoms with Crippen molar-refractivity contribution in [2.24, 2.45) is 10.9 Å². The molecule has 1 aromatic heterocycles. The summed E-state index contributed by atoms with van der Waals surface area (Å²) in [7, 11) is 1.71. The Morgan fingerprint density at radius 1 is 1.32 bits per heavy atom. The van der Waals surface area contributed by atoms with E-state index in [9.17, 15) is 10.1 Å². The van der Waals surface area contributed by atoms with Crippen LogP contribution in [0.15, 0.2) is 46.8 Å². The zero-order valence-corrected chi connectivity index (χ0v) is 17.4. The molecule has 0 aliphatic carbocycles. The van der Waals surface area contributed by atoms with Crippen molar-refractivity contribution in [3.8, 4) is 0 Å². The minimum Gasteiger partial charge on any atom is -0.356 e. The van der Waals surface area contributed by atoms with Crippen molar-refractivity contribution in [1.29, 1.82) is 0 Å². The Bertz CT molecular complexity index is 692. The average molecular weight is 474 g/mol. The van der Waals surface area contributed by atoms with Gasteiger partial charge in [0.05, 0.1) is 4.92 Å². The van der Waals surface area contributed by atoms with Crippen molar-refractivity contribution in [2.45, 2.75) is 19.9 Å². The number of aliphatic imine (C=N–C) groups is 1.